The van der Waals surface area contributed by atoms with Crippen molar-refractivity contribution in [1.82, 2.24) is 9.55 Å². The minimum absolute atomic E-state index is 0.0904. The van der Waals surface area contributed by atoms with Crippen LogP contribution in [0.3, 0.4) is 0 Å². The third kappa shape index (κ3) is 5.30. The molecule has 2 aromatic heterocycles. The Morgan fingerprint density at radius 2 is 1.97 bits per heavy atom. The predicted molar refractivity (Wildman–Crippen MR) is 129 cm³/mol. The van der Waals surface area contributed by atoms with Crippen LogP contribution in [0.4, 0.5) is 5.69 Å². The summed E-state index contributed by atoms with van der Waals surface area (Å²) in [6, 6.07) is 15.6. The highest BCUT2D eigenvalue weighted by Gasteiger charge is 2.25. The number of carbonyl (C=O) groups excluding carboxylic acids is 2. The van der Waals surface area contributed by atoms with E-state index in [0.717, 1.165) is 5.56 Å². The van der Waals surface area contributed by atoms with Crippen molar-refractivity contribution < 1.29 is 14.3 Å². The largest absolute Gasteiger partial charge is 0.447 e. The number of amides is 1. The number of ether oxygens (including phenoxy) is 1. The molecule has 0 fully saturated rings. The monoisotopic (exact) mass is 481 g/mol. The quantitative estimate of drug-likeness (QED) is 0.385. The normalized spacial score (nSPS) is 11.8. The summed E-state index contributed by atoms with van der Waals surface area (Å²) in [7, 11) is 0. The standard InChI is InChI=1S/C24H20ClN3O4S/c1-15-7-8-17(13-19(15)25)27-22(30)21(16-5-3-2-4-6-16)32-20(29)9-11-28-14-26-23-18(24(28)31)10-12-33-23/h2-8,10,12-14,21H,9,11H2,1H3,(H,27,30). The number of rotatable bonds is 7. The molecule has 0 spiro atoms. The number of thiophene rings is 1. The lowest BCUT2D eigenvalue weighted by molar-refractivity contribution is -0.155. The maximum atomic E-state index is 13.0. The Labute approximate surface area is 198 Å². The van der Waals surface area contributed by atoms with E-state index >= 15 is 0 Å². The van der Waals surface area contributed by atoms with Crippen LogP contribution in [0.15, 0.2) is 71.1 Å². The Kier molecular flexibility index (Phi) is 6.86. The van der Waals surface area contributed by atoms with Crippen molar-refractivity contribution >= 4 is 50.7 Å². The highest BCUT2D eigenvalue weighted by atomic mass is 35.5. The molecule has 0 radical (unpaired) electrons. The average molecular weight is 482 g/mol. The molecule has 1 unspecified atom stereocenters. The first kappa shape index (κ1) is 22.7. The number of nitrogens with zero attached hydrogens (tertiary/aromatic N) is 2. The average Bonchev–Trinajstić information content (AvgIpc) is 3.30. The SMILES string of the molecule is Cc1ccc(NC(=O)C(OC(=O)CCn2cnc3sccc3c2=O)c2ccccc2)cc1Cl. The van der Waals surface area contributed by atoms with E-state index in [-0.39, 0.29) is 18.5 Å². The van der Waals surface area contributed by atoms with E-state index in [1.54, 1.807) is 60.0 Å². The molecule has 33 heavy (non-hydrogen) atoms. The van der Waals surface area contributed by atoms with Crippen molar-refractivity contribution in [3.63, 3.8) is 0 Å². The van der Waals surface area contributed by atoms with E-state index in [4.69, 9.17) is 16.3 Å². The first-order valence-electron chi connectivity index (χ1n) is 10.2. The molecule has 0 aliphatic rings. The Bertz CT molecular complexity index is 1370. The molecule has 0 saturated carbocycles. The molecule has 7 nitrogen and oxygen atoms in total. The maximum Gasteiger partial charge on any atom is 0.308 e. The number of anilines is 1. The smallest absolute Gasteiger partial charge is 0.308 e. The summed E-state index contributed by atoms with van der Waals surface area (Å²) < 4.78 is 6.90. The zero-order valence-electron chi connectivity index (χ0n) is 17.7. The van der Waals surface area contributed by atoms with Crippen LogP contribution in [0.25, 0.3) is 10.2 Å². The van der Waals surface area contributed by atoms with Gasteiger partial charge in [0.25, 0.3) is 11.5 Å². The lowest BCUT2D eigenvalue weighted by Gasteiger charge is -2.18. The molecule has 1 N–H and O–H groups in total. The molecular weight excluding hydrogens is 462 g/mol. The molecule has 168 valence electrons. The van der Waals surface area contributed by atoms with Crippen molar-refractivity contribution in [2.24, 2.45) is 0 Å². The van der Waals surface area contributed by atoms with E-state index in [2.05, 4.69) is 10.3 Å². The van der Waals surface area contributed by atoms with Gasteiger partial charge >= 0.3 is 5.97 Å². The number of hydrogen-bond donors (Lipinski definition) is 1. The van der Waals surface area contributed by atoms with Gasteiger partial charge in [-0.3, -0.25) is 19.0 Å². The van der Waals surface area contributed by atoms with Crippen molar-refractivity contribution in [3.8, 4) is 0 Å². The first-order valence-corrected chi connectivity index (χ1v) is 11.4. The van der Waals surface area contributed by atoms with Crippen LogP contribution in [0, 0.1) is 6.92 Å². The van der Waals surface area contributed by atoms with E-state index in [9.17, 15) is 14.4 Å². The van der Waals surface area contributed by atoms with Crippen LogP contribution >= 0.6 is 22.9 Å². The summed E-state index contributed by atoms with van der Waals surface area (Å²) in [6.07, 6.45) is 0.161. The molecule has 0 bridgehead atoms. The molecule has 1 atom stereocenters. The predicted octanol–water partition coefficient (Wildman–Crippen LogP) is 4.73. The Hall–Kier alpha value is -3.49. The van der Waals surface area contributed by atoms with Gasteiger partial charge in [-0.1, -0.05) is 48.0 Å². The van der Waals surface area contributed by atoms with E-state index in [1.807, 2.05) is 6.92 Å². The minimum Gasteiger partial charge on any atom is -0.447 e. The molecule has 0 aliphatic carbocycles. The summed E-state index contributed by atoms with van der Waals surface area (Å²) in [4.78, 5) is 43.0. The number of benzene rings is 2. The number of aromatic nitrogens is 2. The fourth-order valence-electron chi connectivity index (χ4n) is 3.23. The van der Waals surface area contributed by atoms with Crippen LogP contribution in [-0.2, 0) is 20.9 Å². The van der Waals surface area contributed by atoms with Gasteiger partial charge in [-0.15, -0.1) is 11.3 Å². The van der Waals surface area contributed by atoms with Gasteiger partial charge in [-0.05, 0) is 36.1 Å². The van der Waals surface area contributed by atoms with Crippen molar-refractivity contribution in [1.29, 1.82) is 0 Å². The lowest BCUT2D eigenvalue weighted by atomic mass is 10.1. The second-order valence-electron chi connectivity index (χ2n) is 7.37. The Balaban J connectivity index is 1.48. The number of nitrogens with one attached hydrogen (secondary N) is 1. The number of esters is 1. The van der Waals surface area contributed by atoms with Crippen molar-refractivity contribution in [3.05, 3.63) is 92.8 Å². The second kappa shape index (κ2) is 9.97. The fraction of sp³-hybridized carbons (Fsp3) is 0.167. The van der Waals surface area contributed by atoms with Gasteiger partial charge in [-0.25, -0.2) is 4.98 Å². The number of hydrogen-bond acceptors (Lipinski definition) is 6. The molecule has 0 aliphatic heterocycles. The number of halogens is 1. The summed E-state index contributed by atoms with van der Waals surface area (Å²) in [6.45, 7) is 1.95. The Morgan fingerprint density at radius 1 is 1.18 bits per heavy atom. The zero-order valence-corrected chi connectivity index (χ0v) is 19.2. The third-order valence-corrected chi connectivity index (χ3v) is 6.26. The van der Waals surface area contributed by atoms with Gasteiger partial charge < -0.3 is 10.1 Å². The van der Waals surface area contributed by atoms with Gasteiger partial charge in [0, 0.05) is 22.8 Å². The van der Waals surface area contributed by atoms with Gasteiger partial charge in [-0.2, -0.15) is 0 Å². The first-order chi connectivity index (χ1) is 15.9. The van der Waals surface area contributed by atoms with Crippen molar-refractivity contribution in [2.75, 3.05) is 5.32 Å². The fourth-order valence-corrected chi connectivity index (χ4v) is 4.14. The molecular formula is C24H20ClN3O4S. The summed E-state index contributed by atoms with van der Waals surface area (Å²) in [5.41, 5.74) is 1.68. The van der Waals surface area contributed by atoms with Gasteiger partial charge in [0.15, 0.2) is 0 Å². The Morgan fingerprint density at radius 3 is 2.73 bits per heavy atom. The summed E-state index contributed by atoms with van der Waals surface area (Å²) >= 11 is 7.53. The summed E-state index contributed by atoms with van der Waals surface area (Å²) in [5, 5.41) is 5.57. The molecule has 4 rings (SSSR count). The minimum atomic E-state index is -1.16. The topological polar surface area (TPSA) is 90.3 Å². The van der Waals surface area contributed by atoms with Crippen LogP contribution in [0.1, 0.15) is 23.7 Å². The van der Waals surface area contributed by atoms with Crippen LogP contribution < -0.4 is 10.9 Å². The van der Waals surface area contributed by atoms with Crippen molar-refractivity contribution in [2.45, 2.75) is 26.0 Å². The maximum absolute atomic E-state index is 13.0. The number of carbonyl (C=O) groups is 2. The number of aryl methyl sites for hydroxylation is 2. The molecule has 4 aromatic rings. The molecule has 0 saturated heterocycles. The van der Waals surface area contributed by atoms with E-state index in [1.165, 1.54) is 22.2 Å². The van der Waals surface area contributed by atoms with Gasteiger partial charge in [0.1, 0.15) is 4.83 Å². The highest BCUT2D eigenvalue weighted by molar-refractivity contribution is 7.16. The molecule has 2 aromatic carbocycles. The van der Waals surface area contributed by atoms with Crippen LogP contribution in [-0.4, -0.2) is 21.4 Å². The lowest BCUT2D eigenvalue weighted by Crippen LogP contribution is -2.27. The highest BCUT2D eigenvalue weighted by Crippen LogP contribution is 2.24. The molecule has 9 heteroatoms. The van der Waals surface area contributed by atoms with Gasteiger partial charge in [0.2, 0.25) is 6.10 Å². The second-order valence-corrected chi connectivity index (χ2v) is 8.67. The van der Waals surface area contributed by atoms with Crippen LogP contribution in [0.2, 0.25) is 5.02 Å². The van der Waals surface area contributed by atoms with E-state index in [0.29, 0.717) is 26.5 Å². The molecule has 1 amide bonds. The molecule has 2 heterocycles. The van der Waals surface area contributed by atoms with E-state index < -0.39 is 18.0 Å². The zero-order chi connectivity index (χ0) is 23.4. The third-order valence-electron chi connectivity index (χ3n) is 5.04. The number of fused-ring (bicyclic) bond motifs is 1. The summed E-state index contributed by atoms with van der Waals surface area (Å²) in [5.74, 6) is -1.12. The van der Waals surface area contributed by atoms with Crippen LogP contribution in [0.5, 0.6) is 0 Å². The van der Waals surface area contributed by atoms with Gasteiger partial charge in [0.05, 0.1) is 18.1 Å².